The second kappa shape index (κ2) is 9.23. The summed E-state index contributed by atoms with van der Waals surface area (Å²) >= 11 is 1.33. The molecule has 2 amide bonds. The fourth-order valence-corrected chi connectivity index (χ4v) is 4.85. The zero-order valence-corrected chi connectivity index (χ0v) is 17.8. The standard InChI is InChI=1S/C22H20N2O7S/c23-21(28)20-14-3-1-2-4-16(14)32-22(20)24-17(25)10-30-19(27)11-29-13-7-5-12-6-8-18(26)31-15(12)9-13/h5-9H,1-4,10-11H2,(H2,23,28)(H,24,25). The molecule has 0 fully saturated rings. The number of benzene rings is 1. The molecule has 3 N–H and O–H groups in total. The van der Waals surface area contributed by atoms with Gasteiger partial charge in [0, 0.05) is 22.4 Å². The van der Waals surface area contributed by atoms with Crippen LogP contribution >= 0.6 is 11.3 Å². The van der Waals surface area contributed by atoms with Gasteiger partial charge in [-0.25, -0.2) is 9.59 Å². The van der Waals surface area contributed by atoms with Crippen LogP contribution in [-0.2, 0) is 27.2 Å². The Hall–Kier alpha value is -3.66. The Morgan fingerprint density at radius 1 is 1.09 bits per heavy atom. The van der Waals surface area contributed by atoms with Gasteiger partial charge in [-0.3, -0.25) is 9.59 Å². The Labute approximate surface area is 186 Å². The molecule has 0 spiro atoms. The summed E-state index contributed by atoms with van der Waals surface area (Å²) in [7, 11) is 0. The van der Waals surface area contributed by atoms with Gasteiger partial charge < -0.3 is 24.9 Å². The molecule has 1 aliphatic carbocycles. The number of carbonyl (C=O) groups is 3. The van der Waals surface area contributed by atoms with E-state index in [1.807, 2.05) is 0 Å². The molecule has 10 heteroatoms. The molecule has 0 radical (unpaired) electrons. The lowest BCUT2D eigenvalue weighted by atomic mass is 9.95. The third-order valence-electron chi connectivity index (χ3n) is 4.99. The van der Waals surface area contributed by atoms with E-state index in [0.717, 1.165) is 36.1 Å². The number of rotatable bonds is 7. The first-order valence-corrected chi connectivity index (χ1v) is 10.8. The van der Waals surface area contributed by atoms with Crippen LogP contribution in [-0.4, -0.2) is 31.0 Å². The van der Waals surface area contributed by atoms with E-state index in [4.69, 9.17) is 19.6 Å². The third kappa shape index (κ3) is 4.80. The lowest BCUT2D eigenvalue weighted by Crippen LogP contribution is -2.24. The van der Waals surface area contributed by atoms with Crippen molar-refractivity contribution in [3.05, 3.63) is 56.8 Å². The maximum Gasteiger partial charge on any atom is 0.344 e. The van der Waals surface area contributed by atoms with Crippen molar-refractivity contribution in [1.29, 1.82) is 0 Å². The van der Waals surface area contributed by atoms with Gasteiger partial charge in [0.2, 0.25) is 0 Å². The third-order valence-corrected chi connectivity index (χ3v) is 6.19. The van der Waals surface area contributed by atoms with Gasteiger partial charge in [-0.15, -0.1) is 11.3 Å². The van der Waals surface area contributed by atoms with E-state index >= 15 is 0 Å². The number of primary amides is 1. The molecular formula is C22H20N2O7S. The summed E-state index contributed by atoms with van der Waals surface area (Å²) < 4.78 is 15.4. The van der Waals surface area contributed by atoms with Crippen LogP contribution in [0, 0.1) is 0 Å². The predicted octanol–water partition coefficient (Wildman–Crippen LogP) is 2.39. The summed E-state index contributed by atoms with van der Waals surface area (Å²) in [5.74, 6) is -1.61. The molecule has 0 atom stereocenters. The van der Waals surface area contributed by atoms with Gasteiger partial charge in [0.1, 0.15) is 16.3 Å². The number of ether oxygens (including phenoxy) is 2. The molecule has 2 heterocycles. The smallest absolute Gasteiger partial charge is 0.344 e. The molecule has 0 saturated carbocycles. The summed E-state index contributed by atoms with van der Waals surface area (Å²) in [6.45, 7) is -0.967. The average molecular weight is 456 g/mol. The van der Waals surface area contributed by atoms with Crippen LogP contribution in [0.2, 0.25) is 0 Å². The first-order valence-electron chi connectivity index (χ1n) is 9.97. The minimum Gasteiger partial charge on any atom is -0.482 e. The van der Waals surface area contributed by atoms with E-state index in [0.29, 0.717) is 27.3 Å². The van der Waals surface area contributed by atoms with Gasteiger partial charge in [0.15, 0.2) is 13.2 Å². The minimum absolute atomic E-state index is 0.309. The Kier molecular flexibility index (Phi) is 6.22. The summed E-state index contributed by atoms with van der Waals surface area (Å²) in [4.78, 5) is 48.4. The second-order valence-electron chi connectivity index (χ2n) is 7.23. The Morgan fingerprint density at radius 2 is 1.88 bits per heavy atom. The van der Waals surface area contributed by atoms with Crippen LogP contribution in [0.1, 0.15) is 33.6 Å². The lowest BCUT2D eigenvalue weighted by Gasteiger charge is -2.11. The minimum atomic E-state index is -0.754. The van der Waals surface area contributed by atoms with Crippen molar-refractivity contribution < 1.29 is 28.3 Å². The first kappa shape index (κ1) is 21.6. The topological polar surface area (TPSA) is 138 Å². The number of carbonyl (C=O) groups excluding carboxylic acids is 3. The number of hydrogen-bond donors (Lipinski definition) is 2. The molecule has 9 nitrogen and oxygen atoms in total. The number of amides is 2. The number of esters is 1. The molecule has 4 rings (SSSR count). The van der Waals surface area contributed by atoms with Crippen LogP contribution in [0.5, 0.6) is 5.75 Å². The highest BCUT2D eigenvalue weighted by Gasteiger charge is 2.25. The fraction of sp³-hybridized carbons (Fsp3) is 0.273. The lowest BCUT2D eigenvalue weighted by molar-refractivity contribution is -0.149. The molecule has 0 unspecified atom stereocenters. The zero-order valence-electron chi connectivity index (χ0n) is 17.0. The molecule has 2 aromatic heterocycles. The van der Waals surface area contributed by atoms with Crippen molar-refractivity contribution in [2.75, 3.05) is 18.5 Å². The van der Waals surface area contributed by atoms with Gasteiger partial charge >= 0.3 is 11.6 Å². The summed E-state index contributed by atoms with van der Waals surface area (Å²) in [6, 6.07) is 7.71. The van der Waals surface area contributed by atoms with E-state index in [2.05, 4.69) is 5.32 Å². The van der Waals surface area contributed by atoms with Gasteiger partial charge in [-0.2, -0.15) is 0 Å². The maximum absolute atomic E-state index is 12.2. The average Bonchev–Trinajstić information content (AvgIpc) is 3.13. The highest BCUT2D eigenvalue weighted by atomic mass is 32.1. The van der Waals surface area contributed by atoms with Gasteiger partial charge in [-0.05, 0) is 49.4 Å². The Bertz CT molecular complexity index is 1260. The van der Waals surface area contributed by atoms with Crippen molar-refractivity contribution in [3.8, 4) is 5.75 Å². The number of aryl methyl sites for hydroxylation is 1. The molecule has 1 aromatic carbocycles. The second-order valence-corrected chi connectivity index (χ2v) is 8.34. The van der Waals surface area contributed by atoms with Gasteiger partial charge in [0.05, 0.1) is 5.56 Å². The van der Waals surface area contributed by atoms with Gasteiger partial charge in [-0.1, -0.05) is 0 Å². The van der Waals surface area contributed by atoms with E-state index in [1.165, 1.54) is 23.5 Å². The molecule has 0 aliphatic heterocycles. The zero-order chi connectivity index (χ0) is 22.7. The summed E-state index contributed by atoms with van der Waals surface area (Å²) in [5.41, 5.74) is 6.59. The summed E-state index contributed by atoms with van der Waals surface area (Å²) in [6.07, 6.45) is 3.60. The first-order chi connectivity index (χ1) is 15.4. The van der Waals surface area contributed by atoms with Crippen molar-refractivity contribution in [2.24, 2.45) is 5.73 Å². The van der Waals surface area contributed by atoms with Crippen molar-refractivity contribution >= 4 is 45.1 Å². The quantitative estimate of drug-likeness (QED) is 0.411. The van der Waals surface area contributed by atoms with E-state index in [9.17, 15) is 19.2 Å². The number of nitrogens with one attached hydrogen (secondary N) is 1. The van der Waals surface area contributed by atoms with Crippen LogP contribution in [0.15, 0.2) is 39.5 Å². The molecular weight excluding hydrogens is 436 g/mol. The van der Waals surface area contributed by atoms with Crippen molar-refractivity contribution in [1.82, 2.24) is 0 Å². The maximum atomic E-state index is 12.2. The Balaban J connectivity index is 1.31. The van der Waals surface area contributed by atoms with Crippen LogP contribution in [0.3, 0.4) is 0 Å². The highest BCUT2D eigenvalue weighted by Crippen LogP contribution is 2.37. The monoisotopic (exact) mass is 456 g/mol. The SMILES string of the molecule is NC(=O)c1c(NC(=O)COC(=O)COc2ccc3ccc(=O)oc3c2)sc2c1CCCC2. The van der Waals surface area contributed by atoms with Crippen molar-refractivity contribution in [3.63, 3.8) is 0 Å². The van der Waals surface area contributed by atoms with E-state index < -0.39 is 36.6 Å². The number of fused-ring (bicyclic) bond motifs is 2. The highest BCUT2D eigenvalue weighted by molar-refractivity contribution is 7.17. The molecule has 3 aromatic rings. The van der Waals surface area contributed by atoms with Gasteiger partial charge in [0.25, 0.3) is 11.8 Å². The number of thiophene rings is 1. The molecule has 1 aliphatic rings. The van der Waals surface area contributed by atoms with Crippen molar-refractivity contribution in [2.45, 2.75) is 25.7 Å². The Morgan fingerprint density at radius 3 is 2.69 bits per heavy atom. The molecule has 166 valence electrons. The molecule has 0 bridgehead atoms. The molecule has 32 heavy (non-hydrogen) atoms. The van der Waals surface area contributed by atoms with E-state index in [1.54, 1.807) is 18.2 Å². The molecule has 0 saturated heterocycles. The van der Waals surface area contributed by atoms with Crippen LogP contribution in [0.4, 0.5) is 5.00 Å². The van der Waals surface area contributed by atoms with E-state index in [-0.39, 0.29) is 0 Å². The number of anilines is 1. The normalized spacial score (nSPS) is 12.8. The summed E-state index contributed by atoms with van der Waals surface area (Å²) in [5, 5.41) is 3.72. The van der Waals surface area contributed by atoms with Crippen LogP contribution in [0.25, 0.3) is 11.0 Å². The largest absolute Gasteiger partial charge is 0.482 e. The number of hydrogen-bond acceptors (Lipinski definition) is 8. The fourth-order valence-electron chi connectivity index (χ4n) is 3.54. The predicted molar refractivity (Wildman–Crippen MR) is 117 cm³/mol. The van der Waals surface area contributed by atoms with Crippen LogP contribution < -0.4 is 21.4 Å². The number of nitrogens with two attached hydrogens (primary N) is 1.